The summed E-state index contributed by atoms with van der Waals surface area (Å²) in [7, 11) is 0. The van der Waals surface area contributed by atoms with Crippen LogP contribution < -0.4 is 9.54 Å². The highest BCUT2D eigenvalue weighted by Gasteiger charge is 2.12. The molecule has 2 aromatic heterocycles. The summed E-state index contributed by atoms with van der Waals surface area (Å²) in [5.41, 5.74) is 7.32. The van der Waals surface area contributed by atoms with Crippen molar-refractivity contribution < 1.29 is 4.74 Å². The molecule has 0 bridgehead atoms. The fourth-order valence-corrected chi connectivity index (χ4v) is 4.11. The number of hydrogen-bond acceptors (Lipinski definition) is 7. The third kappa shape index (κ3) is 4.44. The molecule has 0 unspecified atom stereocenters. The molecule has 0 aliphatic carbocycles. The van der Waals surface area contributed by atoms with Crippen molar-refractivity contribution in [1.82, 2.24) is 19.1 Å². The monoisotopic (exact) mass is 423 g/mol. The topological polar surface area (TPSA) is 76.7 Å². The second kappa shape index (κ2) is 8.26. The van der Waals surface area contributed by atoms with Crippen LogP contribution in [0.2, 0.25) is 0 Å². The van der Waals surface area contributed by atoms with Crippen molar-refractivity contribution in [1.29, 1.82) is 5.41 Å². The highest BCUT2D eigenvalue weighted by Crippen LogP contribution is 2.31. The van der Waals surface area contributed by atoms with E-state index in [1.54, 1.807) is 10.2 Å². The molecule has 0 radical (unpaired) electrons. The predicted octanol–water partition coefficient (Wildman–Crippen LogP) is 4.90. The average molecular weight is 424 g/mol. The number of nitrogens with one attached hydrogen (secondary N) is 1. The molecule has 148 valence electrons. The standard InChI is InChI=1S/C21H21N5OS2/c1-13-4-6-16(7-5-13)19-24-21(29-25-19)27-18-11-14(2)17(10-15(18)3)8-9-26-20(22)28-12-23-26/h4-7,10-12,22H,8-9H2,1-3H3. The number of benzene rings is 2. The fraction of sp³-hybridized carbons (Fsp3) is 0.238. The van der Waals surface area contributed by atoms with Gasteiger partial charge in [-0.3, -0.25) is 5.41 Å². The molecule has 6 nitrogen and oxygen atoms in total. The summed E-state index contributed by atoms with van der Waals surface area (Å²) < 4.78 is 12.2. The van der Waals surface area contributed by atoms with Crippen molar-refractivity contribution in [3.05, 3.63) is 69.0 Å². The van der Waals surface area contributed by atoms with Crippen LogP contribution in [0, 0.1) is 26.2 Å². The molecule has 2 aromatic carbocycles. The van der Waals surface area contributed by atoms with E-state index in [-0.39, 0.29) is 0 Å². The highest BCUT2D eigenvalue weighted by molar-refractivity contribution is 7.07. The van der Waals surface area contributed by atoms with Gasteiger partial charge in [-0.1, -0.05) is 47.2 Å². The second-order valence-electron chi connectivity index (χ2n) is 6.91. The number of ether oxygens (including phenoxy) is 1. The van der Waals surface area contributed by atoms with E-state index in [0.29, 0.717) is 22.4 Å². The van der Waals surface area contributed by atoms with Crippen LogP contribution in [0.5, 0.6) is 10.9 Å². The summed E-state index contributed by atoms with van der Waals surface area (Å²) in [5, 5.41) is 12.6. The lowest BCUT2D eigenvalue weighted by Gasteiger charge is -2.12. The Balaban J connectivity index is 1.49. The Hall–Kier alpha value is -2.84. The molecule has 0 saturated heterocycles. The first-order chi connectivity index (χ1) is 14.0. The average Bonchev–Trinajstić information content (AvgIpc) is 3.33. The summed E-state index contributed by atoms with van der Waals surface area (Å²) in [6.07, 6.45) is 0.823. The molecule has 1 N–H and O–H groups in total. The predicted molar refractivity (Wildman–Crippen MR) is 116 cm³/mol. The van der Waals surface area contributed by atoms with Gasteiger partial charge < -0.3 is 4.74 Å². The Morgan fingerprint density at radius 1 is 1.07 bits per heavy atom. The van der Waals surface area contributed by atoms with Crippen LogP contribution in [-0.2, 0) is 13.0 Å². The Labute approximate surface area is 177 Å². The van der Waals surface area contributed by atoms with Crippen molar-refractivity contribution in [2.45, 2.75) is 33.7 Å². The minimum Gasteiger partial charge on any atom is -0.430 e. The Morgan fingerprint density at radius 3 is 2.59 bits per heavy atom. The Morgan fingerprint density at radius 2 is 1.86 bits per heavy atom. The first-order valence-electron chi connectivity index (χ1n) is 9.23. The quantitative estimate of drug-likeness (QED) is 0.478. The minimum atomic E-state index is 0.472. The Kier molecular flexibility index (Phi) is 5.55. The first kappa shape index (κ1) is 19.5. The van der Waals surface area contributed by atoms with Gasteiger partial charge in [-0.05, 0) is 49.9 Å². The van der Waals surface area contributed by atoms with Crippen LogP contribution in [0.4, 0.5) is 0 Å². The summed E-state index contributed by atoms with van der Waals surface area (Å²) in [6, 6.07) is 12.3. The van der Waals surface area contributed by atoms with Gasteiger partial charge in [0.2, 0.25) is 0 Å². The van der Waals surface area contributed by atoms with E-state index in [0.717, 1.165) is 28.9 Å². The van der Waals surface area contributed by atoms with Crippen LogP contribution in [0.3, 0.4) is 0 Å². The van der Waals surface area contributed by atoms with Gasteiger partial charge >= 0.3 is 0 Å². The summed E-state index contributed by atoms with van der Waals surface area (Å²) in [4.78, 5) is 5.00. The van der Waals surface area contributed by atoms with Gasteiger partial charge in [0, 0.05) is 23.6 Å². The summed E-state index contributed by atoms with van der Waals surface area (Å²) >= 11 is 2.60. The maximum absolute atomic E-state index is 7.83. The summed E-state index contributed by atoms with van der Waals surface area (Å²) in [5.74, 6) is 1.47. The fourth-order valence-electron chi connectivity index (χ4n) is 3.02. The number of aromatic nitrogens is 4. The molecule has 4 rings (SSSR count). The van der Waals surface area contributed by atoms with E-state index in [2.05, 4.69) is 46.5 Å². The van der Waals surface area contributed by atoms with Gasteiger partial charge in [-0.25, -0.2) is 4.68 Å². The summed E-state index contributed by atoms with van der Waals surface area (Å²) in [6.45, 7) is 6.86. The normalized spacial score (nSPS) is 11.0. The van der Waals surface area contributed by atoms with E-state index in [1.807, 2.05) is 25.1 Å². The smallest absolute Gasteiger partial charge is 0.299 e. The third-order valence-electron chi connectivity index (χ3n) is 4.73. The molecule has 2 heterocycles. The van der Waals surface area contributed by atoms with Crippen molar-refractivity contribution in [2.24, 2.45) is 0 Å². The van der Waals surface area contributed by atoms with Crippen LogP contribution >= 0.6 is 22.9 Å². The zero-order chi connectivity index (χ0) is 20.4. The zero-order valence-corrected chi connectivity index (χ0v) is 18.1. The molecule has 4 aromatic rings. The highest BCUT2D eigenvalue weighted by atomic mass is 32.1. The van der Waals surface area contributed by atoms with Crippen molar-refractivity contribution in [2.75, 3.05) is 0 Å². The van der Waals surface area contributed by atoms with Crippen molar-refractivity contribution in [3.8, 4) is 22.3 Å². The third-order valence-corrected chi connectivity index (χ3v) is 5.95. The molecule has 0 spiro atoms. The van der Waals surface area contributed by atoms with E-state index < -0.39 is 0 Å². The molecule has 0 saturated carbocycles. The molecular formula is C21H21N5OS2. The van der Waals surface area contributed by atoms with Crippen LogP contribution in [0.15, 0.2) is 41.9 Å². The Bertz CT molecular complexity index is 1190. The van der Waals surface area contributed by atoms with Crippen LogP contribution in [0.25, 0.3) is 11.4 Å². The lowest BCUT2D eigenvalue weighted by Crippen LogP contribution is -2.16. The lowest BCUT2D eigenvalue weighted by atomic mass is 10.0. The van der Waals surface area contributed by atoms with E-state index in [1.165, 1.54) is 34.0 Å². The molecule has 0 aliphatic rings. The maximum Gasteiger partial charge on any atom is 0.299 e. The van der Waals surface area contributed by atoms with Crippen molar-refractivity contribution >= 4 is 22.9 Å². The number of nitrogens with zero attached hydrogens (tertiary/aromatic N) is 4. The second-order valence-corrected chi connectivity index (χ2v) is 8.46. The van der Waals surface area contributed by atoms with E-state index in [9.17, 15) is 0 Å². The number of hydrogen-bond donors (Lipinski definition) is 1. The molecule has 29 heavy (non-hydrogen) atoms. The van der Waals surface area contributed by atoms with Gasteiger partial charge in [-0.15, -0.1) is 0 Å². The van der Waals surface area contributed by atoms with Crippen molar-refractivity contribution in [3.63, 3.8) is 0 Å². The lowest BCUT2D eigenvalue weighted by molar-refractivity contribution is 0.474. The number of rotatable bonds is 6. The molecule has 0 atom stereocenters. The van der Waals surface area contributed by atoms with Gasteiger partial charge in [-0.2, -0.15) is 14.5 Å². The molecule has 0 aliphatic heterocycles. The molecule has 0 fully saturated rings. The van der Waals surface area contributed by atoms with Crippen LogP contribution in [0.1, 0.15) is 22.3 Å². The van der Waals surface area contributed by atoms with Gasteiger partial charge in [0.15, 0.2) is 10.6 Å². The minimum absolute atomic E-state index is 0.472. The van der Waals surface area contributed by atoms with Gasteiger partial charge in [0.25, 0.3) is 5.19 Å². The van der Waals surface area contributed by atoms with Crippen LogP contribution in [-0.4, -0.2) is 19.1 Å². The SMILES string of the molecule is Cc1ccc(-c2nsc(Oc3cc(C)c(CCn4ncsc4=N)cc3C)n2)cc1. The maximum atomic E-state index is 7.83. The largest absolute Gasteiger partial charge is 0.430 e. The molecular weight excluding hydrogens is 402 g/mol. The van der Waals surface area contributed by atoms with Gasteiger partial charge in [0.05, 0.1) is 0 Å². The number of aryl methyl sites for hydroxylation is 5. The zero-order valence-electron chi connectivity index (χ0n) is 16.5. The molecule has 0 amide bonds. The van der Waals surface area contributed by atoms with E-state index in [4.69, 9.17) is 10.1 Å². The van der Waals surface area contributed by atoms with Gasteiger partial charge in [0.1, 0.15) is 11.3 Å². The van der Waals surface area contributed by atoms with E-state index >= 15 is 0 Å². The first-order valence-corrected chi connectivity index (χ1v) is 10.9. The molecule has 8 heteroatoms.